The number of amides is 1. The lowest BCUT2D eigenvalue weighted by atomic mass is 10.2. The molecule has 0 saturated heterocycles. The largest absolute Gasteiger partial charge is 0.385 e. The number of aryl methyl sites for hydroxylation is 1. The average molecular weight is 243 g/mol. The summed E-state index contributed by atoms with van der Waals surface area (Å²) in [5.74, 6) is -0.0411. The standard InChI is InChI=1S/C11H15ClN2O2/c1-8-6-9(7-13-11(8)12)14-10(15)4-3-5-16-2/h6-7H,3-5H2,1-2H3,(H,14,15). The fourth-order valence-electron chi connectivity index (χ4n) is 1.23. The third-order valence-corrected chi connectivity index (χ3v) is 2.45. The maximum absolute atomic E-state index is 11.5. The van der Waals surface area contributed by atoms with Gasteiger partial charge in [-0.15, -0.1) is 0 Å². The highest BCUT2D eigenvalue weighted by Crippen LogP contribution is 2.16. The van der Waals surface area contributed by atoms with Crippen molar-refractivity contribution in [2.24, 2.45) is 0 Å². The lowest BCUT2D eigenvalue weighted by Gasteiger charge is -2.06. The topological polar surface area (TPSA) is 51.2 Å². The lowest BCUT2D eigenvalue weighted by Crippen LogP contribution is -2.12. The molecular weight excluding hydrogens is 228 g/mol. The van der Waals surface area contributed by atoms with Crippen molar-refractivity contribution in [1.82, 2.24) is 4.98 Å². The second-order valence-electron chi connectivity index (χ2n) is 3.48. The molecule has 1 aromatic rings. The maximum Gasteiger partial charge on any atom is 0.224 e. The van der Waals surface area contributed by atoms with Crippen LogP contribution in [0.4, 0.5) is 5.69 Å². The van der Waals surface area contributed by atoms with Crippen LogP contribution in [0.25, 0.3) is 0 Å². The van der Waals surface area contributed by atoms with Gasteiger partial charge >= 0.3 is 0 Å². The van der Waals surface area contributed by atoms with E-state index in [0.717, 1.165) is 5.56 Å². The Labute approximate surface area is 100.0 Å². The molecule has 4 nitrogen and oxygen atoms in total. The van der Waals surface area contributed by atoms with Gasteiger partial charge in [0.15, 0.2) is 0 Å². The Morgan fingerprint density at radius 3 is 3.00 bits per heavy atom. The zero-order valence-electron chi connectivity index (χ0n) is 9.42. The number of nitrogens with one attached hydrogen (secondary N) is 1. The van der Waals surface area contributed by atoms with Gasteiger partial charge in [0.1, 0.15) is 5.15 Å². The molecule has 0 aromatic carbocycles. The van der Waals surface area contributed by atoms with Crippen LogP contribution in [0.1, 0.15) is 18.4 Å². The zero-order chi connectivity index (χ0) is 12.0. The van der Waals surface area contributed by atoms with Crippen molar-refractivity contribution in [3.05, 3.63) is 23.0 Å². The molecule has 1 N–H and O–H groups in total. The van der Waals surface area contributed by atoms with E-state index in [1.54, 1.807) is 19.4 Å². The molecular formula is C11H15ClN2O2. The number of halogens is 1. The van der Waals surface area contributed by atoms with E-state index in [0.29, 0.717) is 30.3 Å². The van der Waals surface area contributed by atoms with Crippen LogP contribution in [-0.4, -0.2) is 24.6 Å². The molecule has 5 heteroatoms. The van der Waals surface area contributed by atoms with Gasteiger partial charge in [0.2, 0.25) is 5.91 Å². The Morgan fingerprint density at radius 1 is 1.62 bits per heavy atom. The summed E-state index contributed by atoms with van der Waals surface area (Å²) in [7, 11) is 1.62. The van der Waals surface area contributed by atoms with Crippen LogP contribution in [-0.2, 0) is 9.53 Å². The summed E-state index contributed by atoms with van der Waals surface area (Å²) in [5.41, 5.74) is 1.51. The summed E-state index contributed by atoms with van der Waals surface area (Å²) in [6, 6.07) is 1.80. The van der Waals surface area contributed by atoms with Crippen molar-refractivity contribution in [1.29, 1.82) is 0 Å². The second kappa shape index (κ2) is 6.45. The highest BCUT2D eigenvalue weighted by atomic mass is 35.5. The van der Waals surface area contributed by atoms with Gasteiger partial charge in [0, 0.05) is 20.1 Å². The molecule has 0 fully saturated rings. The van der Waals surface area contributed by atoms with Crippen molar-refractivity contribution in [2.45, 2.75) is 19.8 Å². The maximum atomic E-state index is 11.5. The minimum Gasteiger partial charge on any atom is -0.385 e. The van der Waals surface area contributed by atoms with E-state index < -0.39 is 0 Å². The molecule has 0 spiro atoms. The SMILES string of the molecule is COCCCC(=O)Nc1cnc(Cl)c(C)c1. The van der Waals surface area contributed by atoms with Crippen molar-refractivity contribution in [3.63, 3.8) is 0 Å². The minimum absolute atomic E-state index is 0.0411. The molecule has 0 bridgehead atoms. The Hall–Kier alpha value is -1.13. The van der Waals surface area contributed by atoms with Gasteiger partial charge in [-0.1, -0.05) is 11.6 Å². The summed E-state index contributed by atoms with van der Waals surface area (Å²) in [6.07, 6.45) is 2.70. The number of rotatable bonds is 5. The number of ether oxygens (including phenoxy) is 1. The van der Waals surface area contributed by atoms with Gasteiger partial charge in [0.05, 0.1) is 11.9 Å². The fourth-order valence-corrected chi connectivity index (χ4v) is 1.33. The van der Waals surface area contributed by atoms with Gasteiger partial charge in [-0.2, -0.15) is 0 Å². The quantitative estimate of drug-likeness (QED) is 0.637. The number of aromatic nitrogens is 1. The van der Waals surface area contributed by atoms with Gasteiger partial charge in [-0.05, 0) is 25.0 Å². The van der Waals surface area contributed by atoms with Crippen LogP contribution in [0.2, 0.25) is 5.15 Å². The molecule has 0 aliphatic rings. The number of methoxy groups -OCH3 is 1. The fraction of sp³-hybridized carbons (Fsp3) is 0.455. The number of hydrogen-bond donors (Lipinski definition) is 1. The minimum atomic E-state index is -0.0411. The first-order valence-electron chi connectivity index (χ1n) is 5.04. The third-order valence-electron chi connectivity index (χ3n) is 2.05. The van der Waals surface area contributed by atoms with Gasteiger partial charge in [0.25, 0.3) is 0 Å². The molecule has 0 unspecified atom stereocenters. The number of anilines is 1. The van der Waals surface area contributed by atoms with Crippen LogP contribution in [0, 0.1) is 6.92 Å². The smallest absolute Gasteiger partial charge is 0.224 e. The average Bonchev–Trinajstić information content (AvgIpc) is 2.24. The van der Waals surface area contributed by atoms with Crippen molar-refractivity contribution in [2.75, 3.05) is 19.0 Å². The molecule has 1 amide bonds. The van der Waals surface area contributed by atoms with E-state index in [4.69, 9.17) is 16.3 Å². The summed E-state index contributed by atoms with van der Waals surface area (Å²) in [5, 5.41) is 3.21. The predicted octanol–water partition coefficient (Wildman–Crippen LogP) is 2.41. The van der Waals surface area contributed by atoms with Gasteiger partial charge in [-0.3, -0.25) is 4.79 Å². The molecule has 16 heavy (non-hydrogen) atoms. The van der Waals surface area contributed by atoms with Crippen LogP contribution in [0.5, 0.6) is 0 Å². The normalized spacial score (nSPS) is 10.2. The monoisotopic (exact) mass is 242 g/mol. The van der Waals surface area contributed by atoms with E-state index in [9.17, 15) is 4.79 Å². The summed E-state index contributed by atoms with van der Waals surface area (Å²) in [4.78, 5) is 15.4. The Balaban J connectivity index is 2.46. The number of pyridine rings is 1. The number of carbonyl (C=O) groups excluding carboxylic acids is 1. The van der Waals surface area contributed by atoms with Crippen molar-refractivity contribution < 1.29 is 9.53 Å². The molecule has 0 atom stereocenters. The summed E-state index contributed by atoms with van der Waals surface area (Å²) in [6.45, 7) is 2.43. The van der Waals surface area contributed by atoms with Crippen LogP contribution in [0.3, 0.4) is 0 Å². The van der Waals surface area contributed by atoms with E-state index in [2.05, 4.69) is 10.3 Å². The molecule has 0 radical (unpaired) electrons. The molecule has 0 aliphatic carbocycles. The Bertz CT molecular complexity index is 369. The highest BCUT2D eigenvalue weighted by Gasteiger charge is 2.04. The van der Waals surface area contributed by atoms with Crippen molar-refractivity contribution in [3.8, 4) is 0 Å². The Morgan fingerprint density at radius 2 is 2.38 bits per heavy atom. The molecule has 1 aromatic heterocycles. The molecule has 1 heterocycles. The van der Waals surface area contributed by atoms with Crippen LogP contribution >= 0.6 is 11.6 Å². The Kier molecular flexibility index (Phi) is 5.22. The van der Waals surface area contributed by atoms with E-state index >= 15 is 0 Å². The van der Waals surface area contributed by atoms with E-state index in [1.807, 2.05) is 6.92 Å². The summed E-state index contributed by atoms with van der Waals surface area (Å²) < 4.78 is 4.87. The number of carbonyl (C=O) groups is 1. The number of hydrogen-bond acceptors (Lipinski definition) is 3. The van der Waals surface area contributed by atoms with Gasteiger partial charge < -0.3 is 10.1 Å². The zero-order valence-corrected chi connectivity index (χ0v) is 10.2. The molecule has 1 rings (SSSR count). The van der Waals surface area contributed by atoms with Crippen LogP contribution in [0.15, 0.2) is 12.3 Å². The van der Waals surface area contributed by atoms with E-state index in [-0.39, 0.29) is 5.91 Å². The van der Waals surface area contributed by atoms with Gasteiger partial charge in [-0.25, -0.2) is 4.98 Å². The molecule has 88 valence electrons. The lowest BCUT2D eigenvalue weighted by molar-refractivity contribution is -0.116. The highest BCUT2D eigenvalue weighted by molar-refractivity contribution is 6.30. The van der Waals surface area contributed by atoms with Crippen molar-refractivity contribution >= 4 is 23.2 Å². The number of nitrogens with zero attached hydrogens (tertiary/aromatic N) is 1. The first-order valence-corrected chi connectivity index (χ1v) is 5.42. The summed E-state index contributed by atoms with van der Waals surface area (Å²) >= 11 is 5.78. The van der Waals surface area contributed by atoms with E-state index in [1.165, 1.54) is 0 Å². The molecule has 0 saturated carbocycles. The van der Waals surface area contributed by atoms with Crippen LogP contribution < -0.4 is 5.32 Å². The predicted molar refractivity (Wildman–Crippen MR) is 63.7 cm³/mol. The first kappa shape index (κ1) is 12.9. The molecule has 0 aliphatic heterocycles. The second-order valence-corrected chi connectivity index (χ2v) is 3.83. The first-order chi connectivity index (χ1) is 7.63. The third kappa shape index (κ3) is 4.16.